The molecule has 1 aromatic carbocycles. The van der Waals surface area contributed by atoms with Gasteiger partial charge in [0, 0.05) is 30.6 Å². The SMILES string of the molecule is COc1ccc(C(=O)NC2CCN(C(=O)C3CCCC3)CC2)cc1. The molecule has 1 aromatic rings. The Morgan fingerprint density at radius 2 is 1.67 bits per heavy atom. The number of amides is 2. The summed E-state index contributed by atoms with van der Waals surface area (Å²) in [6.07, 6.45) is 6.14. The van der Waals surface area contributed by atoms with Gasteiger partial charge in [0.05, 0.1) is 7.11 Å². The molecule has 24 heavy (non-hydrogen) atoms. The molecule has 0 radical (unpaired) electrons. The molecule has 3 rings (SSSR count). The first-order valence-corrected chi connectivity index (χ1v) is 8.91. The van der Waals surface area contributed by atoms with Crippen LogP contribution in [0.15, 0.2) is 24.3 Å². The van der Waals surface area contributed by atoms with E-state index in [1.54, 1.807) is 31.4 Å². The molecular formula is C19H26N2O3. The second-order valence-electron chi connectivity index (χ2n) is 6.78. The molecule has 2 fully saturated rings. The molecule has 5 heteroatoms. The Labute approximate surface area is 143 Å². The van der Waals surface area contributed by atoms with E-state index >= 15 is 0 Å². The summed E-state index contributed by atoms with van der Waals surface area (Å²) in [6.45, 7) is 1.51. The van der Waals surface area contributed by atoms with Crippen LogP contribution in [-0.4, -0.2) is 43.0 Å². The minimum absolute atomic E-state index is 0.0572. The van der Waals surface area contributed by atoms with Gasteiger partial charge in [0.15, 0.2) is 0 Å². The van der Waals surface area contributed by atoms with E-state index in [1.807, 2.05) is 4.90 Å². The Kier molecular flexibility index (Phi) is 5.38. The number of carbonyl (C=O) groups is 2. The maximum absolute atomic E-state index is 12.4. The van der Waals surface area contributed by atoms with Crippen molar-refractivity contribution in [2.75, 3.05) is 20.2 Å². The minimum atomic E-state index is -0.0572. The Bertz CT molecular complexity index is 571. The van der Waals surface area contributed by atoms with E-state index in [9.17, 15) is 9.59 Å². The number of piperidine rings is 1. The molecular weight excluding hydrogens is 304 g/mol. The second kappa shape index (κ2) is 7.69. The summed E-state index contributed by atoms with van der Waals surface area (Å²) in [5.74, 6) is 1.26. The normalized spacial score (nSPS) is 19.3. The monoisotopic (exact) mass is 330 g/mol. The van der Waals surface area contributed by atoms with Crippen molar-refractivity contribution in [2.24, 2.45) is 5.92 Å². The van der Waals surface area contributed by atoms with Crippen LogP contribution < -0.4 is 10.1 Å². The van der Waals surface area contributed by atoms with Crippen LogP contribution >= 0.6 is 0 Å². The number of hydrogen-bond acceptors (Lipinski definition) is 3. The van der Waals surface area contributed by atoms with Gasteiger partial charge in [-0.15, -0.1) is 0 Å². The highest BCUT2D eigenvalue weighted by molar-refractivity contribution is 5.94. The fourth-order valence-corrected chi connectivity index (χ4v) is 3.69. The van der Waals surface area contributed by atoms with Gasteiger partial charge in [0.25, 0.3) is 5.91 Å². The number of rotatable bonds is 4. The van der Waals surface area contributed by atoms with Crippen LogP contribution in [0.25, 0.3) is 0 Å². The average Bonchev–Trinajstić information content (AvgIpc) is 3.16. The molecule has 2 amide bonds. The summed E-state index contributed by atoms with van der Waals surface area (Å²) in [5, 5.41) is 3.08. The molecule has 0 atom stereocenters. The lowest BCUT2D eigenvalue weighted by Gasteiger charge is -2.34. The zero-order chi connectivity index (χ0) is 16.9. The van der Waals surface area contributed by atoms with Gasteiger partial charge in [-0.2, -0.15) is 0 Å². The van der Waals surface area contributed by atoms with Gasteiger partial charge in [0.2, 0.25) is 5.91 Å². The predicted octanol–water partition coefficient (Wildman–Crippen LogP) is 2.61. The summed E-state index contributed by atoms with van der Waals surface area (Å²) in [7, 11) is 1.61. The molecule has 1 aliphatic carbocycles. The van der Waals surface area contributed by atoms with E-state index in [1.165, 1.54) is 12.8 Å². The average molecular weight is 330 g/mol. The van der Waals surface area contributed by atoms with Gasteiger partial charge < -0.3 is 15.0 Å². The molecule has 0 unspecified atom stereocenters. The first kappa shape index (κ1) is 16.8. The molecule has 0 aromatic heterocycles. The van der Waals surface area contributed by atoms with Crippen molar-refractivity contribution >= 4 is 11.8 Å². The highest BCUT2D eigenvalue weighted by atomic mass is 16.5. The lowest BCUT2D eigenvalue weighted by Crippen LogP contribution is -2.47. The van der Waals surface area contributed by atoms with Crippen molar-refractivity contribution < 1.29 is 14.3 Å². The summed E-state index contributed by atoms with van der Waals surface area (Å²) in [6, 6.07) is 7.27. The van der Waals surface area contributed by atoms with Crippen LogP contribution in [0.2, 0.25) is 0 Å². The zero-order valence-corrected chi connectivity index (χ0v) is 14.3. The van der Waals surface area contributed by atoms with E-state index in [4.69, 9.17) is 4.74 Å². The van der Waals surface area contributed by atoms with E-state index in [-0.39, 0.29) is 17.9 Å². The molecule has 0 spiro atoms. The maximum atomic E-state index is 12.4. The summed E-state index contributed by atoms with van der Waals surface area (Å²) < 4.78 is 5.11. The van der Waals surface area contributed by atoms with Crippen molar-refractivity contribution in [2.45, 2.75) is 44.6 Å². The van der Waals surface area contributed by atoms with Crippen molar-refractivity contribution in [3.05, 3.63) is 29.8 Å². The standard InChI is InChI=1S/C19H26N2O3/c1-24-17-8-6-14(7-9-17)18(22)20-16-10-12-21(13-11-16)19(23)15-4-2-3-5-15/h6-9,15-16H,2-5,10-13H2,1H3,(H,20,22). The number of nitrogens with zero attached hydrogens (tertiary/aromatic N) is 1. The maximum Gasteiger partial charge on any atom is 0.251 e. The van der Waals surface area contributed by atoms with E-state index in [0.29, 0.717) is 11.5 Å². The van der Waals surface area contributed by atoms with Gasteiger partial charge >= 0.3 is 0 Å². The van der Waals surface area contributed by atoms with Gasteiger partial charge in [-0.3, -0.25) is 9.59 Å². The van der Waals surface area contributed by atoms with Crippen LogP contribution in [0.4, 0.5) is 0 Å². The van der Waals surface area contributed by atoms with Crippen molar-refractivity contribution in [1.29, 1.82) is 0 Å². The molecule has 1 heterocycles. The van der Waals surface area contributed by atoms with Crippen LogP contribution in [0, 0.1) is 5.92 Å². The first-order chi connectivity index (χ1) is 11.7. The topological polar surface area (TPSA) is 58.6 Å². The molecule has 0 bridgehead atoms. The Morgan fingerprint density at radius 1 is 1.04 bits per heavy atom. The van der Waals surface area contributed by atoms with Crippen molar-refractivity contribution in [3.63, 3.8) is 0 Å². The molecule has 1 saturated heterocycles. The molecule has 1 aliphatic heterocycles. The highest BCUT2D eigenvalue weighted by Crippen LogP contribution is 2.27. The molecule has 130 valence electrons. The largest absolute Gasteiger partial charge is 0.497 e. The zero-order valence-electron chi connectivity index (χ0n) is 14.3. The number of methoxy groups -OCH3 is 1. The second-order valence-corrected chi connectivity index (χ2v) is 6.78. The summed E-state index contributed by atoms with van der Waals surface area (Å²) in [5.41, 5.74) is 0.639. The lowest BCUT2D eigenvalue weighted by atomic mass is 10.0. The van der Waals surface area contributed by atoms with E-state index in [0.717, 1.165) is 44.5 Å². The first-order valence-electron chi connectivity index (χ1n) is 8.91. The van der Waals surface area contributed by atoms with E-state index < -0.39 is 0 Å². The number of hydrogen-bond donors (Lipinski definition) is 1. The van der Waals surface area contributed by atoms with Gasteiger partial charge in [-0.1, -0.05) is 12.8 Å². The Hall–Kier alpha value is -2.04. The third kappa shape index (κ3) is 3.89. The third-order valence-corrected chi connectivity index (χ3v) is 5.20. The number of carbonyl (C=O) groups excluding carboxylic acids is 2. The van der Waals surface area contributed by atoms with Gasteiger partial charge in [0.1, 0.15) is 5.75 Å². The fourth-order valence-electron chi connectivity index (χ4n) is 3.69. The fraction of sp³-hybridized carbons (Fsp3) is 0.579. The van der Waals surface area contributed by atoms with Crippen LogP contribution in [0.3, 0.4) is 0 Å². The quantitative estimate of drug-likeness (QED) is 0.923. The smallest absolute Gasteiger partial charge is 0.251 e. The Balaban J connectivity index is 1.47. The number of likely N-dealkylation sites (tertiary alicyclic amines) is 1. The Morgan fingerprint density at radius 3 is 2.25 bits per heavy atom. The summed E-state index contributed by atoms with van der Waals surface area (Å²) >= 11 is 0. The summed E-state index contributed by atoms with van der Waals surface area (Å²) in [4.78, 5) is 26.7. The van der Waals surface area contributed by atoms with Crippen molar-refractivity contribution in [1.82, 2.24) is 10.2 Å². The van der Waals surface area contributed by atoms with Gasteiger partial charge in [-0.25, -0.2) is 0 Å². The predicted molar refractivity (Wildman–Crippen MR) is 92.0 cm³/mol. The molecule has 1 saturated carbocycles. The van der Waals surface area contributed by atoms with Gasteiger partial charge in [-0.05, 0) is 49.9 Å². The molecule has 1 N–H and O–H groups in total. The lowest BCUT2D eigenvalue weighted by molar-refractivity contribution is -0.136. The highest BCUT2D eigenvalue weighted by Gasteiger charge is 2.30. The number of benzene rings is 1. The van der Waals surface area contributed by atoms with Crippen molar-refractivity contribution in [3.8, 4) is 5.75 Å². The molecule has 2 aliphatic rings. The number of nitrogens with one attached hydrogen (secondary N) is 1. The van der Waals surface area contributed by atoms with Crippen LogP contribution in [0.1, 0.15) is 48.9 Å². The molecule has 5 nitrogen and oxygen atoms in total. The third-order valence-electron chi connectivity index (χ3n) is 5.20. The number of ether oxygens (including phenoxy) is 1. The van der Waals surface area contributed by atoms with Crippen LogP contribution in [-0.2, 0) is 4.79 Å². The van der Waals surface area contributed by atoms with E-state index in [2.05, 4.69) is 5.32 Å². The van der Waals surface area contributed by atoms with Crippen LogP contribution in [0.5, 0.6) is 5.75 Å². The minimum Gasteiger partial charge on any atom is -0.497 e.